The number of aromatic nitrogens is 3. The van der Waals surface area contributed by atoms with E-state index in [1.165, 1.54) is 54.8 Å². The summed E-state index contributed by atoms with van der Waals surface area (Å²) < 4.78 is 9.02. The van der Waals surface area contributed by atoms with E-state index < -0.39 is 0 Å². The zero-order chi connectivity index (χ0) is 40.4. The normalized spacial score (nSPS) is 13.2. The van der Waals surface area contributed by atoms with Crippen LogP contribution in [0.4, 0.5) is 0 Å². The average molecular weight is 780 g/mol. The Morgan fingerprint density at radius 1 is 0.443 bits per heavy atom. The van der Waals surface area contributed by atoms with E-state index in [0.717, 1.165) is 66.5 Å². The second-order valence-corrected chi connectivity index (χ2v) is 16.9. The Hall–Kier alpha value is -7.82. The molecule has 0 amide bonds. The molecule has 0 bridgehead atoms. The molecule has 0 saturated carbocycles. The van der Waals surface area contributed by atoms with Gasteiger partial charge in [-0.15, -0.1) is 0 Å². The minimum atomic E-state index is -0.182. The molecule has 12 aromatic rings. The van der Waals surface area contributed by atoms with E-state index in [-0.39, 0.29) is 5.41 Å². The molecule has 0 spiro atoms. The minimum absolute atomic E-state index is 0.182. The molecule has 0 atom stereocenters. The van der Waals surface area contributed by atoms with Crippen molar-refractivity contribution in [2.75, 3.05) is 0 Å². The van der Waals surface area contributed by atoms with Crippen molar-refractivity contribution in [3.63, 3.8) is 0 Å². The molecule has 3 aromatic heterocycles. The largest absolute Gasteiger partial charge is 0.455 e. The van der Waals surface area contributed by atoms with E-state index in [0.29, 0.717) is 5.82 Å². The molecule has 0 aliphatic heterocycles. The van der Waals surface area contributed by atoms with Crippen LogP contribution in [0.3, 0.4) is 0 Å². The third-order valence-corrected chi connectivity index (χ3v) is 13.2. The highest BCUT2D eigenvalue weighted by atomic mass is 16.3. The summed E-state index contributed by atoms with van der Waals surface area (Å²) in [6.07, 6.45) is 0. The Bertz CT molecular complexity index is 3800. The molecule has 4 nitrogen and oxygen atoms in total. The van der Waals surface area contributed by atoms with Crippen LogP contribution in [0.25, 0.3) is 116 Å². The molecule has 1 aliphatic carbocycles. The fourth-order valence-electron chi connectivity index (χ4n) is 10.4. The minimum Gasteiger partial charge on any atom is -0.455 e. The van der Waals surface area contributed by atoms with Gasteiger partial charge in [0.2, 0.25) is 0 Å². The molecule has 0 saturated heterocycles. The van der Waals surface area contributed by atoms with Gasteiger partial charge in [0, 0.05) is 49.0 Å². The summed E-state index contributed by atoms with van der Waals surface area (Å²) in [5.41, 5.74) is 15.0. The maximum Gasteiger partial charge on any atom is 0.161 e. The van der Waals surface area contributed by atoms with Crippen molar-refractivity contribution in [1.29, 1.82) is 0 Å². The number of benzene rings is 9. The topological polar surface area (TPSA) is 43.9 Å². The summed E-state index contributed by atoms with van der Waals surface area (Å²) in [7, 11) is 0. The van der Waals surface area contributed by atoms with Crippen LogP contribution in [-0.2, 0) is 5.41 Å². The first-order valence-corrected chi connectivity index (χ1v) is 21.0. The number of furan rings is 1. The first-order chi connectivity index (χ1) is 30.0. The van der Waals surface area contributed by atoms with Gasteiger partial charge in [0.15, 0.2) is 5.82 Å². The van der Waals surface area contributed by atoms with Crippen LogP contribution in [0, 0.1) is 0 Å². The highest BCUT2D eigenvalue weighted by Gasteiger charge is 2.38. The van der Waals surface area contributed by atoms with Crippen LogP contribution < -0.4 is 0 Å². The highest BCUT2D eigenvalue weighted by Crippen LogP contribution is 2.53. The lowest BCUT2D eigenvalue weighted by atomic mass is 9.80. The van der Waals surface area contributed by atoms with Gasteiger partial charge >= 0.3 is 0 Å². The van der Waals surface area contributed by atoms with Gasteiger partial charge < -0.3 is 8.98 Å². The van der Waals surface area contributed by atoms with Gasteiger partial charge in [0.25, 0.3) is 0 Å². The van der Waals surface area contributed by atoms with Gasteiger partial charge in [-0.1, -0.05) is 153 Å². The zero-order valence-corrected chi connectivity index (χ0v) is 33.6. The molecule has 4 heteroatoms. The second kappa shape index (κ2) is 12.6. The monoisotopic (exact) mass is 779 g/mol. The maximum atomic E-state index is 6.54. The van der Waals surface area contributed by atoms with Gasteiger partial charge in [0.1, 0.15) is 11.2 Å². The number of rotatable bonds is 4. The lowest BCUT2D eigenvalue weighted by Crippen LogP contribution is -2.15. The van der Waals surface area contributed by atoms with Crippen molar-refractivity contribution in [2.45, 2.75) is 19.3 Å². The van der Waals surface area contributed by atoms with E-state index in [4.69, 9.17) is 14.4 Å². The van der Waals surface area contributed by atoms with Crippen molar-refractivity contribution >= 4 is 65.3 Å². The molecule has 0 N–H and O–H groups in total. The zero-order valence-electron chi connectivity index (χ0n) is 33.6. The fourth-order valence-corrected chi connectivity index (χ4v) is 10.4. The molecule has 9 aromatic carbocycles. The Labute approximate surface area is 352 Å². The lowest BCUT2D eigenvalue weighted by Gasteiger charge is -2.23. The van der Waals surface area contributed by atoms with Crippen LogP contribution in [0.2, 0.25) is 0 Å². The standard InChI is InChI=1S/C57H37N3O/c1-57(2)47-32-52-46(31-45(47)41-28-27-34-15-6-7-18-36(34)54(41)57)39-21-10-12-25-50(39)60(52)51-30-29-43(37-19-8-9-20-38(37)51)56-58-48(35-16-4-3-5-17-35)33-49(59-56)44-24-14-23-42-40-22-11-13-26-53(40)61-55(42)44/h3-33H,1-2H3. The van der Waals surface area contributed by atoms with Crippen LogP contribution in [-0.4, -0.2) is 14.5 Å². The van der Waals surface area contributed by atoms with Gasteiger partial charge in [-0.25, -0.2) is 9.97 Å². The molecule has 3 heterocycles. The molecule has 0 fully saturated rings. The molecule has 61 heavy (non-hydrogen) atoms. The average Bonchev–Trinajstić information content (AvgIpc) is 3.93. The lowest BCUT2D eigenvalue weighted by molar-refractivity contribution is 0.667. The van der Waals surface area contributed by atoms with E-state index in [2.05, 4.69) is 188 Å². The predicted octanol–water partition coefficient (Wildman–Crippen LogP) is 15.1. The molecule has 0 radical (unpaired) electrons. The number of hydrogen-bond acceptors (Lipinski definition) is 3. The first kappa shape index (κ1) is 34.1. The fraction of sp³-hybridized carbons (Fsp3) is 0.0526. The van der Waals surface area contributed by atoms with Crippen molar-refractivity contribution in [3.8, 4) is 50.7 Å². The Morgan fingerprint density at radius 3 is 2.00 bits per heavy atom. The van der Waals surface area contributed by atoms with Crippen LogP contribution in [0.5, 0.6) is 0 Å². The van der Waals surface area contributed by atoms with Gasteiger partial charge in [0.05, 0.1) is 28.1 Å². The van der Waals surface area contributed by atoms with Gasteiger partial charge in [-0.05, 0) is 86.9 Å². The predicted molar refractivity (Wildman–Crippen MR) is 253 cm³/mol. The van der Waals surface area contributed by atoms with Crippen molar-refractivity contribution < 1.29 is 4.42 Å². The Kier molecular flexibility index (Phi) is 7.04. The second-order valence-electron chi connectivity index (χ2n) is 16.9. The number of hydrogen-bond donors (Lipinski definition) is 0. The van der Waals surface area contributed by atoms with E-state index in [1.54, 1.807) is 0 Å². The van der Waals surface area contributed by atoms with Gasteiger partial charge in [-0.3, -0.25) is 0 Å². The Balaban J connectivity index is 1.04. The third-order valence-electron chi connectivity index (χ3n) is 13.2. The summed E-state index contributed by atoms with van der Waals surface area (Å²) in [6, 6.07) is 67.4. The molecule has 1 aliphatic rings. The summed E-state index contributed by atoms with van der Waals surface area (Å²) in [6.45, 7) is 4.78. The number of nitrogens with zero attached hydrogens (tertiary/aromatic N) is 3. The maximum absolute atomic E-state index is 6.54. The van der Waals surface area contributed by atoms with Crippen LogP contribution >= 0.6 is 0 Å². The highest BCUT2D eigenvalue weighted by molar-refractivity contribution is 6.14. The van der Waals surface area contributed by atoms with E-state index >= 15 is 0 Å². The van der Waals surface area contributed by atoms with Crippen LogP contribution in [0.1, 0.15) is 25.0 Å². The molecule has 286 valence electrons. The van der Waals surface area contributed by atoms with Crippen LogP contribution in [0.15, 0.2) is 192 Å². The van der Waals surface area contributed by atoms with Crippen molar-refractivity contribution in [2.24, 2.45) is 0 Å². The number of fused-ring (bicyclic) bond motifs is 12. The summed E-state index contributed by atoms with van der Waals surface area (Å²) in [4.78, 5) is 10.7. The van der Waals surface area contributed by atoms with Crippen molar-refractivity contribution in [1.82, 2.24) is 14.5 Å². The van der Waals surface area contributed by atoms with Crippen molar-refractivity contribution in [3.05, 3.63) is 199 Å². The smallest absolute Gasteiger partial charge is 0.161 e. The molecule has 0 unspecified atom stereocenters. The molecular formula is C57H37N3O. The van der Waals surface area contributed by atoms with E-state index in [1.807, 2.05) is 18.2 Å². The molecular weight excluding hydrogens is 743 g/mol. The quantitative estimate of drug-likeness (QED) is 0.179. The summed E-state index contributed by atoms with van der Waals surface area (Å²) >= 11 is 0. The SMILES string of the molecule is CC1(C)c2cc3c(cc2-c2ccc4ccccc4c21)c1ccccc1n3-c1ccc(-c2nc(-c3ccccc3)cc(-c3cccc4c3oc3ccccc34)n2)c2ccccc12. The van der Waals surface area contributed by atoms with E-state index in [9.17, 15) is 0 Å². The number of para-hydroxylation sites is 3. The summed E-state index contributed by atoms with van der Waals surface area (Å²) in [5.74, 6) is 0.666. The summed E-state index contributed by atoms with van der Waals surface area (Å²) in [5, 5.41) is 9.49. The molecule has 13 rings (SSSR count). The Morgan fingerprint density at radius 2 is 1.13 bits per heavy atom. The third kappa shape index (κ3) is 4.87. The van der Waals surface area contributed by atoms with Gasteiger partial charge in [-0.2, -0.15) is 0 Å². The first-order valence-electron chi connectivity index (χ1n) is 21.0.